The van der Waals surface area contributed by atoms with E-state index in [0.717, 1.165) is 36.0 Å². The van der Waals surface area contributed by atoms with E-state index in [1.165, 1.54) is 0 Å². The monoisotopic (exact) mass is 429 g/mol. The van der Waals surface area contributed by atoms with Crippen molar-refractivity contribution in [3.05, 3.63) is 64.6 Å². The first-order valence-electron chi connectivity index (χ1n) is 9.28. The Labute approximate surface area is 168 Å². The normalized spacial score (nSPS) is 16.2. The highest BCUT2D eigenvalue weighted by Crippen LogP contribution is 2.21. The number of likely N-dealkylation sites (tertiary alicyclic amines) is 1. The molecular weight excluding hydrogens is 406 g/mol. The van der Waals surface area contributed by atoms with Crippen LogP contribution in [0.3, 0.4) is 0 Å². The zero-order valence-corrected chi connectivity index (χ0v) is 16.7. The topological polar surface area (TPSA) is 61.4 Å². The number of carbonyl (C=O) groups excluding carboxylic acids is 2. The van der Waals surface area contributed by atoms with Crippen LogP contribution >= 0.6 is 15.9 Å². The molecule has 1 unspecified atom stereocenters. The van der Waals surface area contributed by atoms with E-state index in [2.05, 4.69) is 26.6 Å². The summed E-state index contributed by atoms with van der Waals surface area (Å²) in [6.07, 6.45) is 2.40. The van der Waals surface area contributed by atoms with E-state index < -0.39 is 0 Å². The number of para-hydroxylation sites is 1. The van der Waals surface area contributed by atoms with Crippen LogP contribution in [0.4, 0.5) is 5.69 Å². The van der Waals surface area contributed by atoms with Gasteiger partial charge in [-0.25, -0.2) is 0 Å². The zero-order valence-electron chi connectivity index (χ0n) is 15.2. The number of nitrogens with zero attached hydrogens (tertiary/aromatic N) is 1. The van der Waals surface area contributed by atoms with Crippen LogP contribution in [-0.2, 0) is 4.79 Å². The molecule has 142 valence electrons. The summed E-state index contributed by atoms with van der Waals surface area (Å²) in [5.41, 5.74) is 1.69. The van der Waals surface area contributed by atoms with Crippen molar-refractivity contribution in [2.75, 3.05) is 25.0 Å². The third kappa shape index (κ3) is 5.32. The molecule has 0 aromatic heterocycles. The van der Waals surface area contributed by atoms with Crippen molar-refractivity contribution in [1.29, 1.82) is 0 Å². The van der Waals surface area contributed by atoms with Gasteiger partial charge in [0.15, 0.2) is 0 Å². The lowest BCUT2D eigenvalue weighted by atomic mass is 10.1. The van der Waals surface area contributed by atoms with Gasteiger partial charge in [0.1, 0.15) is 6.04 Å². The van der Waals surface area contributed by atoms with Crippen molar-refractivity contribution in [2.24, 2.45) is 0 Å². The number of hydrogen-bond donors (Lipinski definition) is 2. The number of hydrogen-bond acceptors (Lipinski definition) is 3. The fraction of sp³-hybridized carbons (Fsp3) is 0.333. The Morgan fingerprint density at radius 1 is 1.04 bits per heavy atom. The molecule has 2 aromatic rings. The van der Waals surface area contributed by atoms with Crippen LogP contribution in [-0.4, -0.2) is 42.4 Å². The molecular formula is C21H24BrN3O2. The van der Waals surface area contributed by atoms with Crippen molar-refractivity contribution in [3.63, 3.8) is 0 Å². The highest BCUT2D eigenvalue weighted by atomic mass is 79.9. The maximum Gasteiger partial charge on any atom is 0.254 e. The van der Waals surface area contributed by atoms with Gasteiger partial charge in [0.2, 0.25) is 5.91 Å². The van der Waals surface area contributed by atoms with Gasteiger partial charge in [0, 0.05) is 35.4 Å². The van der Waals surface area contributed by atoms with Crippen molar-refractivity contribution in [2.45, 2.75) is 25.3 Å². The molecule has 1 atom stereocenters. The van der Waals surface area contributed by atoms with Crippen molar-refractivity contribution < 1.29 is 9.59 Å². The Kier molecular flexibility index (Phi) is 6.87. The summed E-state index contributed by atoms with van der Waals surface area (Å²) in [6.45, 7) is 2.01. The summed E-state index contributed by atoms with van der Waals surface area (Å²) >= 11 is 3.38. The number of amides is 2. The minimum atomic E-state index is -0.372. The second-order valence-corrected chi connectivity index (χ2v) is 7.52. The predicted octanol–water partition coefficient (Wildman–Crippen LogP) is 3.67. The molecule has 1 aliphatic rings. The van der Waals surface area contributed by atoms with Crippen LogP contribution in [0.5, 0.6) is 0 Å². The Morgan fingerprint density at radius 3 is 2.52 bits per heavy atom. The first-order chi connectivity index (χ1) is 13.1. The van der Waals surface area contributed by atoms with Crippen molar-refractivity contribution >= 4 is 33.4 Å². The Balaban J connectivity index is 1.45. The minimum absolute atomic E-state index is 0.0577. The molecule has 2 N–H and O–H groups in total. The summed E-state index contributed by atoms with van der Waals surface area (Å²) in [7, 11) is 0. The van der Waals surface area contributed by atoms with Gasteiger partial charge in [-0.2, -0.15) is 0 Å². The van der Waals surface area contributed by atoms with Gasteiger partial charge in [0.25, 0.3) is 5.91 Å². The molecule has 6 heteroatoms. The Morgan fingerprint density at radius 2 is 1.78 bits per heavy atom. The third-order valence-corrected chi connectivity index (χ3v) is 5.19. The largest absolute Gasteiger partial charge is 0.385 e. The fourth-order valence-electron chi connectivity index (χ4n) is 3.25. The van der Waals surface area contributed by atoms with E-state index in [9.17, 15) is 9.59 Å². The lowest BCUT2D eigenvalue weighted by molar-refractivity contribution is -0.124. The Bertz CT molecular complexity index is 765. The molecule has 27 heavy (non-hydrogen) atoms. The smallest absolute Gasteiger partial charge is 0.254 e. The molecule has 5 nitrogen and oxygen atoms in total. The molecule has 0 bridgehead atoms. The SMILES string of the molecule is O=C(NCCCNc1ccccc1)C1CCCN1C(=O)c1ccc(Br)cc1. The molecule has 2 aromatic carbocycles. The van der Waals surface area contributed by atoms with E-state index in [4.69, 9.17) is 0 Å². The summed E-state index contributed by atoms with van der Waals surface area (Å²) in [5.74, 6) is -0.136. The van der Waals surface area contributed by atoms with Crippen molar-refractivity contribution in [3.8, 4) is 0 Å². The molecule has 0 aliphatic carbocycles. The third-order valence-electron chi connectivity index (χ3n) is 4.66. The lowest BCUT2D eigenvalue weighted by Crippen LogP contribution is -2.46. The second kappa shape index (κ2) is 9.55. The van der Waals surface area contributed by atoms with Gasteiger partial charge < -0.3 is 15.5 Å². The van der Waals surface area contributed by atoms with E-state index in [1.54, 1.807) is 17.0 Å². The Hall–Kier alpha value is -2.34. The predicted molar refractivity (Wildman–Crippen MR) is 111 cm³/mol. The quantitative estimate of drug-likeness (QED) is 0.659. The molecule has 0 saturated carbocycles. The minimum Gasteiger partial charge on any atom is -0.385 e. The number of benzene rings is 2. The van der Waals surface area contributed by atoms with Crippen molar-refractivity contribution in [1.82, 2.24) is 10.2 Å². The number of nitrogens with one attached hydrogen (secondary N) is 2. The van der Waals surface area contributed by atoms with E-state index >= 15 is 0 Å². The van der Waals surface area contributed by atoms with Gasteiger partial charge in [-0.3, -0.25) is 9.59 Å². The molecule has 1 heterocycles. The van der Waals surface area contributed by atoms with Crippen LogP contribution in [0.15, 0.2) is 59.1 Å². The van der Waals surface area contributed by atoms with Crippen LogP contribution < -0.4 is 10.6 Å². The lowest BCUT2D eigenvalue weighted by Gasteiger charge is -2.24. The van der Waals surface area contributed by atoms with E-state index in [1.807, 2.05) is 42.5 Å². The molecule has 3 rings (SSSR count). The standard InChI is InChI=1S/C21H24BrN3O2/c22-17-11-9-16(10-12-17)21(27)25-15-4-8-19(25)20(26)24-14-5-13-23-18-6-2-1-3-7-18/h1-3,6-7,9-12,19,23H,4-5,8,13-15H2,(H,24,26). The average molecular weight is 430 g/mol. The first-order valence-corrected chi connectivity index (χ1v) is 10.1. The molecule has 0 radical (unpaired) electrons. The van der Waals surface area contributed by atoms with Gasteiger partial charge in [0.05, 0.1) is 0 Å². The fourth-order valence-corrected chi connectivity index (χ4v) is 3.51. The van der Waals surface area contributed by atoms with Crippen LogP contribution in [0, 0.1) is 0 Å². The second-order valence-electron chi connectivity index (χ2n) is 6.60. The van der Waals surface area contributed by atoms with Crippen LogP contribution in [0.2, 0.25) is 0 Å². The average Bonchev–Trinajstić information content (AvgIpc) is 3.18. The molecule has 1 fully saturated rings. The summed E-state index contributed by atoms with van der Waals surface area (Å²) < 4.78 is 0.930. The van der Waals surface area contributed by atoms with Crippen LogP contribution in [0.25, 0.3) is 0 Å². The highest BCUT2D eigenvalue weighted by molar-refractivity contribution is 9.10. The van der Waals surface area contributed by atoms with Gasteiger partial charge in [-0.15, -0.1) is 0 Å². The maximum absolute atomic E-state index is 12.7. The summed E-state index contributed by atoms with van der Waals surface area (Å²) in [6, 6.07) is 16.9. The molecule has 2 amide bonds. The number of halogens is 1. The first kappa shape index (κ1) is 19.4. The zero-order chi connectivity index (χ0) is 19.1. The number of anilines is 1. The summed E-state index contributed by atoms with van der Waals surface area (Å²) in [5, 5.41) is 6.30. The van der Waals surface area contributed by atoms with E-state index in [-0.39, 0.29) is 17.9 Å². The molecule has 0 spiro atoms. The maximum atomic E-state index is 12.7. The molecule has 1 saturated heterocycles. The van der Waals surface area contributed by atoms with Gasteiger partial charge in [-0.1, -0.05) is 34.1 Å². The van der Waals surface area contributed by atoms with Gasteiger partial charge >= 0.3 is 0 Å². The van der Waals surface area contributed by atoms with Crippen LogP contribution in [0.1, 0.15) is 29.6 Å². The highest BCUT2D eigenvalue weighted by Gasteiger charge is 2.34. The molecule has 1 aliphatic heterocycles. The number of rotatable bonds is 7. The summed E-state index contributed by atoms with van der Waals surface area (Å²) in [4.78, 5) is 27.0. The van der Waals surface area contributed by atoms with Gasteiger partial charge in [-0.05, 0) is 55.7 Å². The van der Waals surface area contributed by atoms with E-state index in [0.29, 0.717) is 18.7 Å². The number of carbonyl (C=O) groups is 2.